The van der Waals surface area contributed by atoms with Gasteiger partial charge < -0.3 is 5.32 Å². The minimum absolute atomic E-state index is 0.199. The Kier molecular flexibility index (Phi) is 3.22. The second-order valence-corrected chi connectivity index (χ2v) is 5.84. The summed E-state index contributed by atoms with van der Waals surface area (Å²) in [6, 6.07) is 3.26. The Labute approximate surface area is 95.5 Å². The van der Waals surface area contributed by atoms with Gasteiger partial charge >= 0.3 is 0 Å². The van der Waals surface area contributed by atoms with Gasteiger partial charge in [-0.1, -0.05) is 0 Å². The zero-order chi connectivity index (χ0) is 11.6. The summed E-state index contributed by atoms with van der Waals surface area (Å²) < 4.78 is 25.9. The van der Waals surface area contributed by atoms with Crippen LogP contribution in [0, 0.1) is 0 Å². The Hall–Kier alpha value is -0.980. The van der Waals surface area contributed by atoms with Crippen LogP contribution in [0.25, 0.3) is 0 Å². The normalized spacial score (nSPS) is 23.2. The van der Waals surface area contributed by atoms with Gasteiger partial charge in [0.05, 0.1) is 4.90 Å². The Morgan fingerprint density at radius 3 is 2.75 bits per heavy atom. The summed E-state index contributed by atoms with van der Waals surface area (Å²) >= 11 is 0. The van der Waals surface area contributed by atoms with Crippen LogP contribution in [-0.2, 0) is 10.0 Å². The smallest absolute Gasteiger partial charge is 0.243 e. The van der Waals surface area contributed by atoms with Crippen LogP contribution in [0.4, 0.5) is 0 Å². The topological polar surface area (TPSA) is 62.3 Å². The molecular weight excluding hydrogens is 226 g/mol. The highest BCUT2D eigenvalue weighted by molar-refractivity contribution is 7.89. The number of hydrogen-bond acceptors (Lipinski definition) is 4. The van der Waals surface area contributed by atoms with Gasteiger partial charge in [-0.25, -0.2) is 8.42 Å². The molecule has 0 saturated carbocycles. The van der Waals surface area contributed by atoms with Crippen LogP contribution in [-0.4, -0.2) is 43.4 Å². The van der Waals surface area contributed by atoms with Gasteiger partial charge in [-0.05, 0) is 19.1 Å². The summed E-state index contributed by atoms with van der Waals surface area (Å²) in [4.78, 5) is 4.14. The highest BCUT2D eigenvalue weighted by Crippen LogP contribution is 2.15. The van der Waals surface area contributed by atoms with Gasteiger partial charge in [0.25, 0.3) is 0 Å². The van der Waals surface area contributed by atoms with E-state index >= 15 is 0 Å². The SMILES string of the molecule is CC1CN(S(=O)(=O)c2ccncc2)CCN1. The Morgan fingerprint density at radius 2 is 2.12 bits per heavy atom. The van der Waals surface area contributed by atoms with Crippen molar-refractivity contribution in [3.8, 4) is 0 Å². The molecule has 0 amide bonds. The van der Waals surface area contributed by atoms with Gasteiger partial charge in [0.2, 0.25) is 10.0 Å². The molecule has 6 heteroatoms. The predicted octanol–water partition coefficient (Wildman–Crippen LogP) is 0.0640. The van der Waals surface area contributed by atoms with Crippen LogP contribution in [0.2, 0.25) is 0 Å². The van der Waals surface area contributed by atoms with E-state index in [0.29, 0.717) is 24.5 Å². The van der Waals surface area contributed by atoms with Crippen LogP contribution < -0.4 is 5.32 Å². The number of rotatable bonds is 2. The van der Waals surface area contributed by atoms with Crippen LogP contribution in [0.3, 0.4) is 0 Å². The zero-order valence-corrected chi connectivity index (χ0v) is 9.94. The largest absolute Gasteiger partial charge is 0.312 e. The van der Waals surface area contributed by atoms with Crippen LogP contribution in [0.15, 0.2) is 29.4 Å². The first-order chi connectivity index (χ1) is 7.60. The Morgan fingerprint density at radius 1 is 1.44 bits per heavy atom. The molecule has 0 bridgehead atoms. The summed E-state index contributed by atoms with van der Waals surface area (Å²) in [6.45, 7) is 3.72. The van der Waals surface area contributed by atoms with E-state index in [4.69, 9.17) is 0 Å². The van der Waals surface area contributed by atoms with Crippen LogP contribution >= 0.6 is 0 Å². The van der Waals surface area contributed by atoms with Crippen LogP contribution in [0.1, 0.15) is 6.92 Å². The monoisotopic (exact) mass is 241 g/mol. The maximum absolute atomic E-state index is 12.2. The molecule has 1 atom stereocenters. The number of nitrogens with one attached hydrogen (secondary N) is 1. The summed E-state index contributed by atoms with van der Waals surface area (Å²) in [6.07, 6.45) is 3.00. The first-order valence-electron chi connectivity index (χ1n) is 5.24. The van der Waals surface area contributed by atoms with E-state index in [1.807, 2.05) is 6.92 Å². The minimum atomic E-state index is -3.34. The Balaban J connectivity index is 2.26. The molecule has 2 heterocycles. The van der Waals surface area contributed by atoms with Crippen molar-refractivity contribution in [2.24, 2.45) is 0 Å². The van der Waals surface area contributed by atoms with Gasteiger partial charge in [0.15, 0.2) is 0 Å². The lowest BCUT2D eigenvalue weighted by Crippen LogP contribution is -2.51. The molecule has 1 N–H and O–H groups in total. The fourth-order valence-electron chi connectivity index (χ4n) is 1.77. The molecule has 1 aromatic rings. The molecule has 1 saturated heterocycles. The molecule has 16 heavy (non-hydrogen) atoms. The second-order valence-electron chi connectivity index (χ2n) is 3.90. The summed E-state index contributed by atoms with van der Waals surface area (Å²) in [5.74, 6) is 0. The summed E-state index contributed by atoms with van der Waals surface area (Å²) in [5.41, 5.74) is 0. The highest BCUT2D eigenvalue weighted by atomic mass is 32.2. The Bertz CT molecular complexity index is 446. The lowest BCUT2D eigenvalue weighted by Gasteiger charge is -2.30. The van der Waals surface area contributed by atoms with Crippen molar-refractivity contribution in [3.63, 3.8) is 0 Å². The number of piperazine rings is 1. The molecule has 0 spiro atoms. The van der Waals surface area contributed by atoms with E-state index < -0.39 is 10.0 Å². The molecule has 88 valence electrons. The molecular formula is C10H15N3O2S. The molecule has 5 nitrogen and oxygen atoms in total. The summed E-state index contributed by atoms with van der Waals surface area (Å²) in [5, 5.41) is 3.22. The molecule has 0 aromatic carbocycles. The van der Waals surface area contributed by atoms with Crippen LogP contribution in [0.5, 0.6) is 0 Å². The predicted molar refractivity (Wildman–Crippen MR) is 60.5 cm³/mol. The molecule has 1 unspecified atom stereocenters. The maximum Gasteiger partial charge on any atom is 0.243 e. The van der Waals surface area contributed by atoms with Crippen molar-refractivity contribution in [3.05, 3.63) is 24.5 Å². The average molecular weight is 241 g/mol. The van der Waals surface area contributed by atoms with E-state index in [2.05, 4.69) is 10.3 Å². The van der Waals surface area contributed by atoms with E-state index in [1.54, 1.807) is 0 Å². The first-order valence-corrected chi connectivity index (χ1v) is 6.68. The third kappa shape index (κ3) is 2.23. The van der Waals surface area contributed by atoms with Crippen molar-refractivity contribution < 1.29 is 8.42 Å². The third-order valence-electron chi connectivity index (χ3n) is 2.62. The van der Waals surface area contributed by atoms with Gasteiger partial charge in [0.1, 0.15) is 0 Å². The van der Waals surface area contributed by atoms with Gasteiger partial charge in [0, 0.05) is 38.1 Å². The van der Waals surface area contributed by atoms with Gasteiger partial charge in [-0.2, -0.15) is 4.31 Å². The van der Waals surface area contributed by atoms with Gasteiger partial charge in [-0.3, -0.25) is 4.98 Å². The molecule has 1 aliphatic heterocycles. The van der Waals surface area contributed by atoms with Crippen molar-refractivity contribution in [2.45, 2.75) is 17.9 Å². The second kappa shape index (κ2) is 4.48. The number of pyridine rings is 1. The lowest BCUT2D eigenvalue weighted by molar-refractivity contribution is 0.310. The molecule has 1 aromatic heterocycles. The fourth-order valence-corrected chi connectivity index (χ4v) is 3.29. The van der Waals surface area contributed by atoms with E-state index in [-0.39, 0.29) is 6.04 Å². The first kappa shape index (κ1) is 11.5. The summed E-state index contributed by atoms with van der Waals surface area (Å²) in [7, 11) is -3.34. The van der Waals surface area contributed by atoms with E-state index in [1.165, 1.54) is 28.8 Å². The number of hydrogen-bond donors (Lipinski definition) is 1. The average Bonchev–Trinajstić information content (AvgIpc) is 2.30. The maximum atomic E-state index is 12.2. The molecule has 0 radical (unpaired) electrons. The standard InChI is InChI=1S/C10H15N3O2S/c1-9-8-13(7-6-12-9)16(14,15)10-2-4-11-5-3-10/h2-5,9,12H,6-8H2,1H3. The van der Waals surface area contributed by atoms with Crippen molar-refractivity contribution >= 4 is 10.0 Å². The molecule has 1 aliphatic rings. The zero-order valence-electron chi connectivity index (χ0n) is 9.13. The quantitative estimate of drug-likeness (QED) is 0.795. The molecule has 0 aliphatic carbocycles. The number of aromatic nitrogens is 1. The highest BCUT2D eigenvalue weighted by Gasteiger charge is 2.28. The molecule has 1 fully saturated rings. The number of sulfonamides is 1. The van der Waals surface area contributed by atoms with Crippen molar-refractivity contribution in [1.29, 1.82) is 0 Å². The fraction of sp³-hybridized carbons (Fsp3) is 0.500. The lowest BCUT2D eigenvalue weighted by atomic mass is 10.3. The number of nitrogens with zero attached hydrogens (tertiary/aromatic N) is 2. The van der Waals surface area contributed by atoms with Gasteiger partial charge in [-0.15, -0.1) is 0 Å². The van der Waals surface area contributed by atoms with E-state index in [0.717, 1.165) is 0 Å². The molecule has 2 rings (SSSR count). The third-order valence-corrected chi connectivity index (χ3v) is 4.50. The van der Waals surface area contributed by atoms with Crippen molar-refractivity contribution in [1.82, 2.24) is 14.6 Å². The van der Waals surface area contributed by atoms with Crippen molar-refractivity contribution in [2.75, 3.05) is 19.6 Å². The minimum Gasteiger partial charge on any atom is -0.312 e. The van der Waals surface area contributed by atoms with E-state index in [9.17, 15) is 8.42 Å².